The van der Waals surface area contributed by atoms with Crippen molar-refractivity contribution in [3.05, 3.63) is 18.5 Å². The number of amides is 1. The molecule has 1 amide bonds. The molecule has 2 fully saturated rings. The fourth-order valence-corrected chi connectivity index (χ4v) is 2.84. The molecule has 0 N–H and O–H groups in total. The lowest BCUT2D eigenvalue weighted by atomic mass is 10.0. The molecule has 3 heterocycles. The molecule has 2 aliphatic heterocycles. The molecule has 1 aromatic rings. The maximum Gasteiger partial charge on any atom is 0.316 e. The van der Waals surface area contributed by atoms with E-state index in [4.69, 9.17) is 9.47 Å². The summed E-state index contributed by atoms with van der Waals surface area (Å²) in [7, 11) is 0. The molecule has 0 bridgehead atoms. The Bertz CT molecular complexity index is 454. The van der Waals surface area contributed by atoms with Crippen LogP contribution < -0.4 is 4.74 Å². The minimum Gasteiger partial charge on any atom is -0.460 e. The Morgan fingerprint density at radius 3 is 2.71 bits per heavy atom. The molecule has 0 radical (unpaired) electrons. The van der Waals surface area contributed by atoms with Crippen LogP contribution in [0, 0.1) is 5.92 Å². The summed E-state index contributed by atoms with van der Waals surface area (Å²) in [5.74, 6) is 0.657. The Morgan fingerprint density at radius 2 is 2.05 bits per heavy atom. The second-order valence-electron chi connectivity index (χ2n) is 5.66. The van der Waals surface area contributed by atoms with Gasteiger partial charge in [0.1, 0.15) is 6.10 Å². The van der Waals surface area contributed by atoms with E-state index in [1.54, 1.807) is 18.5 Å². The van der Waals surface area contributed by atoms with E-state index in [0.717, 1.165) is 45.6 Å². The number of carbonyl (C=O) groups is 1. The molecule has 3 rings (SSSR count). The van der Waals surface area contributed by atoms with Gasteiger partial charge in [0, 0.05) is 58.0 Å². The van der Waals surface area contributed by atoms with Gasteiger partial charge in [-0.1, -0.05) is 0 Å². The summed E-state index contributed by atoms with van der Waals surface area (Å²) >= 11 is 0. The zero-order valence-electron chi connectivity index (χ0n) is 12.1. The highest BCUT2D eigenvalue weighted by Crippen LogP contribution is 2.20. The molecule has 114 valence electrons. The first-order valence-electron chi connectivity index (χ1n) is 7.60. The molecule has 0 saturated carbocycles. The normalized spacial score (nSPS) is 23.2. The lowest BCUT2D eigenvalue weighted by molar-refractivity contribution is -0.134. The number of nitrogens with zero attached hydrogens (tertiary/aromatic N) is 3. The third-order valence-electron chi connectivity index (χ3n) is 4.10. The van der Waals surface area contributed by atoms with E-state index in [2.05, 4.69) is 9.97 Å². The molecular formula is C15H21N3O3. The summed E-state index contributed by atoms with van der Waals surface area (Å²) in [6, 6.07) is 2.19. The van der Waals surface area contributed by atoms with Gasteiger partial charge < -0.3 is 14.4 Å². The second-order valence-corrected chi connectivity index (χ2v) is 5.66. The second kappa shape index (κ2) is 6.85. The molecule has 2 saturated heterocycles. The van der Waals surface area contributed by atoms with Gasteiger partial charge in [0.05, 0.1) is 0 Å². The lowest BCUT2D eigenvalue weighted by Gasteiger charge is -2.32. The van der Waals surface area contributed by atoms with Crippen LogP contribution in [0.4, 0.5) is 0 Å². The van der Waals surface area contributed by atoms with Gasteiger partial charge in [0.25, 0.3) is 0 Å². The van der Waals surface area contributed by atoms with Crippen molar-refractivity contribution in [2.75, 3.05) is 26.3 Å². The smallest absolute Gasteiger partial charge is 0.316 e. The van der Waals surface area contributed by atoms with Crippen LogP contribution in [0.2, 0.25) is 0 Å². The van der Waals surface area contributed by atoms with E-state index >= 15 is 0 Å². The molecule has 6 heteroatoms. The van der Waals surface area contributed by atoms with Gasteiger partial charge in [-0.15, -0.1) is 0 Å². The van der Waals surface area contributed by atoms with Crippen LogP contribution in [-0.4, -0.2) is 53.2 Å². The van der Waals surface area contributed by atoms with Crippen molar-refractivity contribution in [3.63, 3.8) is 0 Å². The van der Waals surface area contributed by atoms with Gasteiger partial charge in [0.2, 0.25) is 5.91 Å². The maximum atomic E-state index is 12.2. The third kappa shape index (κ3) is 3.91. The predicted molar refractivity (Wildman–Crippen MR) is 75.8 cm³/mol. The first kappa shape index (κ1) is 14.3. The van der Waals surface area contributed by atoms with Crippen molar-refractivity contribution < 1.29 is 14.3 Å². The van der Waals surface area contributed by atoms with Crippen LogP contribution in [-0.2, 0) is 9.53 Å². The third-order valence-corrected chi connectivity index (χ3v) is 4.10. The average molecular weight is 291 g/mol. The first-order chi connectivity index (χ1) is 10.3. The number of piperidine rings is 1. The summed E-state index contributed by atoms with van der Waals surface area (Å²) in [6.07, 6.45) is 6.75. The van der Waals surface area contributed by atoms with Gasteiger partial charge in [0.15, 0.2) is 0 Å². The zero-order chi connectivity index (χ0) is 14.5. The summed E-state index contributed by atoms with van der Waals surface area (Å²) in [4.78, 5) is 22.3. The summed E-state index contributed by atoms with van der Waals surface area (Å²) < 4.78 is 11.1. The van der Waals surface area contributed by atoms with E-state index in [9.17, 15) is 4.79 Å². The van der Waals surface area contributed by atoms with Crippen molar-refractivity contribution in [1.29, 1.82) is 0 Å². The predicted octanol–water partition coefficient (Wildman–Crippen LogP) is 1.27. The fraction of sp³-hybridized carbons (Fsp3) is 0.667. The molecule has 1 atom stereocenters. The average Bonchev–Trinajstić information content (AvgIpc) is 3.02. The summed E-state index contributed by atoms with van der Waals surface area (Å²) in [6.45, 7) is 3.04. The van der Waals surface area contributed by atoms with E-state index in [1.165, 1.54) is 0 Å². The number of hydrogen-bond acceptors (Lipinski definition) is 5. The Balaban J connectivity index is 1.43. The highest BCUT2D eigenvalue weighted by molar-refractivity contribution is 5.76. The molecule has 1 aromatic heterocycles. The molecule has 21 heavy (non-hydrogen) atoms. The quantitative estimate of drug-likeness (QED) is 0.836. The van der Waals surface area contributed by atoms with E-state index in [-0.39, 0.29) is 12.0 Å². The number of carbonyl (C=O) groups excluding carboxylic acids is 1. The topological polar surface area (TPSA) is 64.5 Å². The number of ether oxygens (including phenoxy) is 2. The van der Waals surface area contributed by atoms with Crippen molar-refractivity contribution in [3.8, 4) is 6.01 Å². The Hall–Kier alpha value is -1.69. The lowest BCUT2D eigenvalue weighted by Crippen LogP contribution is -2.42. The van der Waals surface area contributed by atoms with E-state index in [1.807, 2.05) is 4.90 Å². The van der Waals surface area contributed by atoms with Crippen molar-refractivity contribution in [1.82, 2.24) is 14.9 Å². The van der Waals surface area contributed by atoms with Crippen molar-refractivity contribution in [2.24, 2.45) is 5.92 Å². The number of likely N-dealkylation sites (tertiary alicyclic amines) is 1. The minimum absolute atomic E-state index is 0.103. The fourth-order valence-electron chi connectivity index (χ4n) is 2.84. The van der Waals surface area contributed by atoms with Crippen LogP contribution in [0.5, 0.6) is 6.01 Å². The summed E-state index contributed by atoms with van der Waals surface area (Å²) in [5, 5.41) is 0. The Morgan fingerprint density at radius 1 is 1.29 bits per heavy atom. The highest BCUT2D eigenvalue weighted by Gasteiger charge is 2.27. The van der Waals surface area contributed by atoms with Gasteiger partial charge >= 0.3 is 6.01 Å². The molecule has 6 nitrogen and oxygen atoms in total. The minimum atomic E-state index is 0.103. The Kier molecular flexibility index (Phi) is 4.65. The number of aromatic nitrogens is 2. The number of hydrogen-bond donors (Lipinski definition) is 0. The standard InChI is InChI=1S/C15H21N3O3/c19-14(10-12-4-9-20-11-12)18-7-2-13(3-8-18)21-15-16-5-1-6-17-15/h1,5-6,12-13H,2-4,7-11H2/t12-/m0/s1. The van der Waals surface area contributed by atoms with Crippen LogP contribution in [0.25, 0.3) is 0 Å². The van der Waals surface area contributed by atoms with Crippen LogP contribution in [0.3, 0.4) is 0 Å². The van der Waals surface area contributed by atoms with Crippen molar-refractivity contribution in [2.45, 2.75) is 31.8 Å². The van der Waals surface area contributed by atoms with Gasteiger partial charge in [-0.25, -0.2) is 9.97 Å². The maximum absolute atomic E-state index is 12.2. The highest BCUT2D eigenvalue weighted by atomic mass is 16.5. The van der Waals surface area contributed by atoms with E-state index in [0.29, 0.717) is 18.3 Å². The monoisotopic (exact) mass is 291 g/mol. The Labute approximate surface area is 124 Å². The van der Waals surface area contributed by atoms with Gasteiger partial charge in [-0.3, -0.25) is 4.79 Å². The van der Waals surface area contributed by atoms with Crippen LogP contribution in [0.15, 0.2) is 18.5 Å². The van der Waals surface area contributed by atoms with E-state index < -0.39 is 0 Å². The number of rotatable bonds is 4. The molecule has 0 unspecified atom stereocenters. The molecular weight excluding hydrogens is 270 g/mol. The first-order valence-corrected chi connectivity index (χ1v) is 7.60. The molecule has 0 aromatic carbocycles. The summed E-state index contributed by atoms with van der Waals surface area (Å²) in [5.41, 5.74) is 0. The van der Waals surface area contributed by atoms with Crippen molar-refractivity contribution >= 4 is 5.91 Å². The SMILES string of the molecule is O=C(C[C@@H]1CCOC1)N1CCC(Oc2ncccn2)CC1. The molecule has 0 aliphatic carbocycles. The van der Waals surface area contributed by atoms with Crippen LogP contribution in [0.1, 0.15) is 25.7 Å². The molecule has 0 spiro atoms. The molecule has 2 aliphatic rings. The van der Waals surface area contributed by atoms with Gasteiger partial charge in [-0.2, -0.15) is 0 Å². The zero-order valence-corrected chi connectivity index (χ0v) is 12.1. The van der Waals surface area contributed by atoms with Gasteiger partial charge in [-0.05, 0) is 18.4 Å². The largest absolute Gasteiger partial charge is 0.460 e. The van der Waals surface area contributed by atoms with Crippen LogP contribution >= 0.6 is 0 Å².